The number of hydrogen-bond donors (Lipinski definition) is 1. The highest BCUT2D eigenvalue weighted by Gasteiger charge is 2.12. The fourth-order valence-electron chi connectivity index (χ4n) is 2.39. The molecule has 1 aromatic heterocycles. The first kappa shape index (κ1) is 19.8. The number of carbonyl (C=O) groups excluding carboxylic acids is 1. The number of hydrogen-bond acceptors (Lipinski definition) is 4. The second-order valence-corrected chi connectivity index (χ2v) is 6.10. The number of oxazole rings is 1. The minimum Gasteiger partial charge on any atom is -0.441 e. The lowest BCUT2D eigenvalue weighted by atomic mass is 10.2. The molecule has 5 nitrogen and oxygen atoms in total. The molecule has 0 saturated heterocycles. The fraction of sp³-hybridized carbons (Fsp3) is 0.158. The highest BCUT2D eigenvalue weighted by molar-refractivity contribution is 6.32. The van der Waals surface area contributed by atoms with Crippen LogP contribution in [0.5, 0.6) is 5.75 Å². The lowest BCUT2D eigenvalue weighted by Crippen LogP contribution is -2.12. The molecule has 146 valence electrons. The number of aryl methyl sites for hydroxylation is 1. The average Bonchev–Trinajstić information content (AvgIpc) is 3.12. The summed E-state index contributed by atoms with van der Waals surface area (Å²) >= 11 is 5.84. The van der Waals surface area contributed by atoms with Crippen molar-refractivity contribution in [3.63, 3.8) is 0 Å². The van der Waals surface area contributed by atoms with E-state index >= 15 is 0 Å². The molecule has 9 heteroatoms. The van der Waals surface area contributed by atoms with E-state index in [1.54, 1.807) is 12.1 Å². The number of aromatic nitrogens is 1. The van der Waals surface area contributed by atoms with Crippen LogP contribution in [0.4, 0.5) is 18.9 Å². The summed E-state index contributed by atoms with van der Waals surface area (Å²) in [6, 6.07) is 9.72. The van der Waals surface area contributed by atoms with Gasteiger partial charge in [0.25, 0.3) is 0 Å². The number of nitrogens with zero attached hydrogens (tertiary/aromatic N) is 1. The number of alkyl halides is 2. The molecule has 0 fully saturated rings. The summed E-state index contributed by atoms with van der Waals surface area (Å²) < 4.78 is 47.2. The zero-order valence-corrected chi connectivity index (χ0v) is 15.1. The van der Waals surface area contributed by atoms with Crippen LogP contribution >= 0.6 is 11.6 Å². The first-order valence-corrected chi connectivity index (χ1v) is 8.53. The summed E-state index contributed by atoms with van der Waals surface area (Å²) in [7, 11) is 0. The molecule has 0 spiro atoms. The van der Waals surface area contributed by atoms with Crippen molar-refractivity contribution in [1.82, 2.24) is 4.98 Å². The van der Waals surface area contributed by atoms with Crippen molar-refractivity contribution in [2.45, 2.75) is 19.5 Å². The molecule has 28 heavy (non-hydrogen) atoms. The van der Waals surface area contributed by atoms with Crippen LogP contribution in [-0.4, -0.2) is 17.5 Å². The van der Waals surface area contributed by atoms with Crippen LogP contribution in [-0.2, 0) is 11.2 Å². The van der Waals surface area contributed by atoms with E-state index in [1.807, 2.05) is 0 Å². The van der Waals surface area contributed by atoms with E-state index in [1.165, 1.54) is 36.5 Å². The molecule has 0 saturated carbocycles. The quantitative estimate of drug-likeness (QED) is 0.573. The van der Waals surface area contributed by atoms with Crippen LogP contribution in [0.2, 0.25) is 5.02 Å². The van der Waals surface area contributed by atoms with Gasteiger partial charge in [-0.25, -0.2) is 9.37 Å². The Bertz CT molecular complexity index is 961. The van der Waals surface area contributed by atoms with E-state index in [4.69, 9.17) is 16.0 Å². The van der Waals surface area contributed by atoms with Crippen molar-refractivity contribution >= 4 is 23.2 Å². The SMILES string of the molecule is O=C(CCc1ncc(-c2ccc(F)cc2)o1)Nc1ccc(OC(F)F)c(Cl)c1. The van der Waals surface area contributed by atoms with Gasteiger partial charge in [-0.3, -0.25) is 4.79 Å². The van der Waals surface area contributed by atoms with Crippen LogP contribution in [0.3, 0.4) is 0 Å². The zero-order valence-electron chi connectivity index (χ0n) is 14.3. The molecule has 1 N–H and O–H groups in total. The second-order valence-electron chi connectivity index (χ2n) is 5.70. The third kappa shape index (κ3) is 5.26. The van der Waals surface area contributed by atoms with Gasteiger partial charge in [-0.2, -0.15) is 8.78 Å². The Labute approximate surface area is 163 Å². The predicted octanol–water partition coefficient (Wildman–Crippen LogP) is 5.31. The Morgan fingerprint density at radius 3 is 2.64 bits per heavy atom. The van der Waals surface area contributed by atoms with Crippen LogP contribution in [0, 0.1) is 5.82 Å². The Morgan fingerprint density at radius 2 is 1.96 bits per heavy atom. The van der Waals surface area contributed by atoms with Crippen molar-refractivity contribution in [1.29, 1.82) is 0 Å². The normalized spacial score (nSPS) is 10.9. The summed E-state index contributed by atoms with van der Waals surface area (Å²) in [5.74, 6) is -0.0398. The maximum atomic E-state index is 13.0. The monoisotopic (exact) mass is 410 g/mol. The number of nitrogens with one attached hydrogen (secondary N) is 1. The summed E-state index contributed by atoms with van der Waals surface area (Å²) in [6.45, 7) is -2.99. The first-order valence-electron chi connectivity index (χ1n) is 8.15. The van der Waals surface area contributed by atoms with Crippen LogP contribution in [0.25, 0.3) is 11.3 Å². The van der Waals surface area contributed by atoms with E-state index in [9.17, 15) is 18.0 Å². The van der Waals surface area contributed by atoms with Gasteiger partial charge < -0.3 is 14.5 Å². The molecule has 3 rings (SSSR count). The molecule has 1 heterocycles. The second kappa shape index (κ2) is 8.79. The van der Waals surface area contributed by atoms with Gasteiger partial charge in [0, 0.05) is 24.1 Å². The number of amides is 1. The number of halogens is 4. The van der Waals surface area contributed by atoms with Crippen molar-refractivity contribution in [2.24, 2.45) is 0 Å². The van der Waals surface area contributed by atoms with Gasteiger partial charge in [0.15, 0.2) is 11.7 Å². The number of benzene rings is 2. The topological polar surface area (TPSA) is 64.4 Å². The number of ether oxygens (including phenoxy) is 1. The Kier molecular flexibility index (Phi) is 6.20. The molecule has 3 aromatic rings. The third-order valence-electron chi connectivity index (χ3n) is 3.68. The Morgan fingerprint density at radius 1 is 1.21 bits per heavy atom. The predicted molar refractivity (Wildman–Crippen MR) is 96.9 cm³/mol. The maximum absolute atomic E-state index is 13.0. The summed E-state index contributed by atoms with van der Waals surface area (Å²) in [5, 5.41) is 2.55. The van der Waals surface area contributed by atoms with Crippen molar-refractivity contribution in [2.75, 3.05) is 5.32 Å². The van der Waals surface area contributed by atoms with E-state index < -0.39 is 6.61 Å². The molecule has 0 bridgehead atoms. The summed E-state index contributed by atoms with van der Waals surface area (Å²) in [6.07, 6.45) is 1.82. The average molecular weight is 411 g/mol. The van der Waals surface area contributed by atoms with Gasteiger partial charge in [0.2, 0.25) is 5.91 Å². The summed E-state index contributed by atoms with van der Waals surface area (Å²) in [4.78, 5) is 16.2. The molecule has 2 aromatic carbocycles. The zero-order chi connectivity index (χ0) is 20.1. The third-order valence-corrected chi connectivity index (χ3v) is 3.98. The van der Waals surface area contributed by atoms with Gasteiger partial charge >= 0.3 is 6.61 Å². The van der Waals surface area contributed by atoms with Crippen LogP contribution in [0.15, 0.2) is 53.1 Å². The Balaban J connectivity index is 1.55. The molecule has 0 unspecified atom stereocenters. The Hall–Kier alpha value is -3.00. The van der Waals surface area contributed by atoms with Gasteiger partial charge in [0.05, 0.1) is 11.2 Å². The van der Waals surface area contributed by atoms with Crippen LogP contribution < -0.4 is 10.1 Å². The molecule has 0 aliphatic heterocycles. The van der Waals surface area contributed by atoms with Gasteiger partial charge in [-0.15, -0.1) is 0 Å². The van der Waals surface area contributed by atoms with Gasteiger partial charge in [-0.05, 0) is 42.5 Å². The highest BCUT2D eigenvalue weighted by Crippen LogP contribution is 2.29. The maximum Gasteiger partial charge on any atom is 0.387 e. The standard InChI is InChI=1S/C19H14ClF3N2O3/c20-14-9-13(5-6-15(14)28-19(22)23)25-17(26)7-8-18-24-10-16(27-18)11-1-3-12(21)4-2-11/h1-6,9-10,19H,7-8H2,(H,25,26). The lowest BCUT2D eigenvalue weighted by Gasteiger charge is -2.09. The van der Waals surface area contributed by atoms with E-state index in [0.29, 0.717) is 22.9 Å². The lowest BCUT2D eigenvalue weighted by molar-refractivity contribution is -0.116. The molecular formula is C19H14ClF3N2O3. The summed E-state index contributed by atoms with van der Waals surface area (Å²) in [5.41, 5.74) is 1.02. The minimum atomic E-state index is -2.99. The molecule has 1 amide bonds. The van der Waals surface area contributed by atoms with E-state index in [-0.39, 0.29) is 35.3 Å². The molecular weight excluding hydrogens is 397 g/mol. The van der Waals surface area contributed by atoms with Gasteiger partial charge in [-0.1, -0.05) is 11.6 Å². The molecule has 0 aliphatic carbocycles. The largest absolute Gasteiger partial charge is 0.441 e. The fourth-order valence-corrected chi connectivity index (χ4v) is 2.61. The van der Waals surface area contributed by atoms with Gasteiger partial charge in [0.1, 0.15) is 11.6 Å². The highest BCUT2D eigenvalue weighted by atomic mass is 35.5. The number of carbonyl (C=O) groups is 1. The number of anilines is 1. The van der Waals surface area contributed by atoms with E-state index in [2.05, 4.69) is 15.0 Å². The molecule has 0 aliphatic rings. The first-order chi connectivity index (χ1) is 13.4. The van der Waals surface area contributed by atoms with Crippen LogP contribution in [0.1, 0.15) is 12.3 Å². The van der Waals surface area contributed by atoms with Crippen molar-refractivity contribution in [3.8, 4) is 17.1 Å². The number of rotatable bonds is 7. The minimum absolute atomic E-state index is 0.0465. The van der Waals surface area contributed by atoms with Crippen molar-refractivity contribution in [3.05, 3.63) is 65.4 Å². The molecule has 0 radical (unpaired) electrons. The van der Waals surface area contributed by atoms with Crippen molar-refractivity contribution < 1.29 is 27.1 Å². The molecule has 0 atom stereocenters. The van der Waals surface area contributed by atoms with E-state index in [0.717, 1.165) is 0 Å². The smallest absolute Gasteiger partial charge is 0.387 e.